The van der Waals surface area contributed by atoms with Crippen molar-refractivity contribution in [3.05, 3.63) is 472 Å². The maximum Gasteiger partial charge on any atom is 0.143 e. The van der Waals surface area contributed by atoms with Gasteiger partial charge in [-0.1, -0.05) is 430 Å². The number of benzene rings is 26. The van der Waals surface area contributed by atoms with E-state index in [2.05, 4.69) is 0 Å². The van der Waals surface area contributed by atoms with Gasteiger partial charge in [0.15, 0.2) is 0 Å². The Morgan fingerprint density at radius 2 is 0.504 bits per heavy atom. The van der Waals surface area contributed by atoms with E-state index in [1.807, 2.05) is 182 Å². The fourth-order valence-electron chi connectivity index (χ4n) is 19.1. The van der Waals surface area contributed by atoms with E-state index < -0.39 is 339 Å². The lowest BCUT2D eigenvalue weighted by Crippen LogP contribution is -1.94. The number of furan rings is 3. The molecule has 0 saturated heterocycles. The second-order valence-corrected chi connectivity index (χ2v) is 31.7. The summed E-state index contributed by atoms with van der Waals surface area (Å²) in [5.74, 6) is 0. The molecule has 0 aliphatic carbocycles. The maximum absolute atomic E-state index is 9.96. The average Bonchev–Trinajstić information content (AvgIpc) is 1.48. The Morgan fingerprint density at radius 3 is 1.05 bits per heavy atom. The lowest BCUT2D eigenvalue weighted by atomic mass is 9.82. The Bertz CT molecular complexity index is 12700. The van der Waals surface area contributed by atoms with Crippen molar-refractivity contribution in [1.82, 2.24) is 0 Å². The smallest absolute Gasteiger partial charge is 0.143 e. The number of fused-ring (bicyclic) bond motifs is 25. The summed E-state index contributed by atoms with van der Waals surface area (Å²) < 4.78 is 438. The van der Waals surface area contributed by atoms with Gasteiger partial charge >= 0.3 is 0 Å². The highest BCUT2D eigenvalue weighted by Gasteiger charge is 2.27. The van der Waals surface area contributed by atoms with Crippen LogP contribution in [0.15, 0.2) is 485 Å². The summed E-state index contributed by atoms with van der Waals surface area (Å²) in [6.07, 6.45) is 0. The summed E-state index contributed by atoms with van der Waals surface area (Å²) in [5.41, 5.74) is -1.07. The van der Waals surface area contributed by atoms with Gasteiger partial charge in [-0.2, -0.15) is 0 Å². The molecule has 3 aromatic heterocycles. The molecule has 616 valence electrons. The van der Waals surface area contributed by atoms with Crippen LogP contribution in [0.25, 0.3) is 284 Å². The molecule has 0 bridgehead atoms. The van der Waals surface area contributed by atoms with Crippen molar-refractivity contribution in [2.24, 2.45) is 0 Å². The Morgan fingerprint density at radius 1 is 0.150 bits per heavy atom. The summed E-state index contributed by atoms with van der Waals surface area (Å²) in [6, 6.07) is 26.8. The summed E-state index contributed by atoms with van der Waals surface area (Å²) in [6.45, 7) is 0. The molecule has 0 unspecified atom stereocenters. The number of hydrogen-bond donors (Lipinski definition) is 0. The highest BCUT2D eigenvalue weighted by Crippen LogP contribution is 2.54. The van der Waals surface area contributed by atoms with Crippen LogP contribution in [0.1, 0.15) is 63.1 Å². The van der Waals surface area contributed by atoms with Crippen molar-refractivity contribution >= 4 is 206 Å². The summed E-state index contributed by atoms with van der Waals surface area (Å²) in [7, 11) is 0. The van der Waals surface area contributed by atoms with Crippen molar-refractivity contribution in [3.63, 3.8) is 0 Å². The zero-order chi connectivity index (χ0) is 127. The molecule has 0 amide bonds. The van der Waals surface area contributed by atoms with Crippen LogP contribution in [0.3, 0.4) is 0 Å². The molecule has 26 aromatic carbocycles. The minimum Gasteiger partial charge on any atom is -0.456 e. The number of hydrogen-bond acceptors (Lipinski definition) is 3. The molecular weight excluding hydrogens is 1610 g/mol. The zero-order valence-electron chi connectivity index (χ0n) is 115. The average molecular weight is 1730 g/mol. The van der Waals surface area contributed by atoms with Gasteiger partial charge in [-0.25, -0.2) is 0 Å². The number of rotatable bonds is 7. The monoisotopic (exact) mass is 1730 g/mol. The van der Waals surface area contributed by atoms with E-state index in [1.165, 1.54) is 0 Å². The van der Waals surface area contributed by atoms with Crippen molar-refractivity contribution in [1.29, 1.82) is 0 Å². The SMILES string of the molecule is [2H]c1c([2H])c([2H])c2c(-c3cccc4c3oc3ccc5ccccc5c34)c3c([2H])c([2H])c([2H])c([2H])c3c(-c3ccc4ccccc4c3)c2c1[2H].[2H]c1c([2H])c([2H])c2c(-c3cccc4c3oc3ccc5ccccc5c34)c3c([2H])c([2H])c([2H])c([2H])c3c(-c3cccc4ccccc34)c2c1[2H].[2H]c1c([2H])c([2H])c2c([2H])c(-c3c4c([2H])c([2H])c([2H])c([2H])c4c(-c4c([2H])c([2H])c5c([2H])c([2H])c([2H])c([2H])c5c4-c4c([2H])c([2H])c5c(oc6c([2H])c([2H])c7c([2H])c([2H])c([2H])c([2H])c7c65)c4[2H])c4c([2H])c([2H])c([2H])c([2H])c34)c([2H])c([2H])c2c1[2H]. The second-order valence-electron chi connectivity index (χ2n) is 31.7. The highest BCUT2D eigenvalue weighted by atomic mass is 16.3. The van der Waals surface area contributed by atoms with Crippen LogP contribution in [-0.4, -0.2) is 0 Å². The van der Waals surface area contributed by atoms with Crippen molar-refractivity contribution < 1.29 is 76.3 Å². The summed E-state index contributed by atoms with van der Waals surface area (Å²) >= 11 is 0. The molecule has 0 aliphatic rings. The lowest BCUT2D eigenvalue weighted by molar-refractivity contribution is 0.669. The summed E-state index contributed by atoms with van der Waals surface area (Å²) in [4.78, 5) is 0. The molecule has 29 aromatic rings. The molecule has 29 rings (SSSR count). The van der Waals surface area contributed by atoms with Crippen LogP contribution in [0.2, 0.25) is 0 Å². The highest BCUT2D eigenvalue weighted by molar-refractivity contribution is 6.31. The minimum atomic E-state index is -1.14. The topological polar surface area (TPSA) is 39.4 Å². The first-order valence-electron chi connectivity index (χ1n) is 65.1. The normalized spacial score (nSPS) is 16.8. The van der Waals surface area contributed by atoms with Crippen molar-refractivity contribution in [3.8, 4) is 77.9 Å². The van der Waals surface area contributed by atoms with Crippen LogP contribution in [-0.2, 0) is 0 Å². The largest absolute Gasteiger partial charge is 0.456 e. The first-order valence-corrected chi connectivity index (χ1v) is 42.1. The standard InChI is InChI=1S/C50H30O.2C40H24O/c1-2-14-34-29-35(22-21-31(34)11-1)48-39-17-7-9-19-41(39)49(42-20-10-8-18-40(42)48)44-27-23-32-12-3-5-15-37(32)47(44)36-24-26-43-46(30-36)51-45-28-25-33-13-4-6-16-38(33)50(43)45;1-3-14-27-25(11-1)13-9-20-29(27)37-30-16-5-7-18-32(30)38(33-19-8-6-17-31(33)37)34-21-10-22-35-39-28-15-4-2-12-26(28)23-24-36(39)41-40(34)35;1-2-12-27-24-28(21-20-25(27)10-1)37-30-14-5-7-16-32(30)38(33-17-8-6-15-31(33)37)34-18-9-19-35-39-29-13-4-3-11-26(29)22-23-36(39)41-40(34)35/h1-30H;2*1-24H/i1D,2D,3D,4D,5D,6D,7D,8D,9D,10D,11D,12D,13D,14D,15D,16D,17D,18D,19D,20D,21D,22D,23D,24D,25D,26D,27D,28D,29D,30D;5D,6D,7D,8D,16D,17D,18D,19D;5D,6D,7D,8D,14D,15D,16D,17D. The molecule has 0 aliphatic heterocycles. The molecule has 3 heteroatoms. The van der Waals surface area contributed by atoms with Gasteiger partial charge < -0.3 is 13.3 Å². The van der Waals surface area contributed by atoms with Crippen LogP contribution >= 0.6 is 0 Å². The predicted octanol–water partition coefficient (Wildman–Crippen LogP) is 37.4. The molecule has 0 radical (unpaired) electrons. The molecule has 0 fully saturated rings. The van der Waals surface area contributed by atoms with Gasteiger partial charge in [0.1, 0.15) is 33.5 Å². The van der Waals surface area contributed by atoms with Crippen LogP contribution in [0.4, 0.5) is 0 Å². The van der Waals surface area contributed by atoms with Gasteiger partial charge in [-0.05, 0) is 238 Å². The van der Waals surface area contributed by atoms with Gasteiger partial charge in [0.25, 0.3) is 0 Å². The molecule has 133 heavy (non-hydrogen) atoms. The Balaban J connectivity index is 0.000000132. The lowest BCUT2D eigenvalue weighted by Gasteiger charge is -2.21. The summed E-state index contributed by atoms with van der Waals surface area (Å²) in [5, 5.41) is 4.15. The Hall–Kier alpha value is -17.5. The first-order chi connectivity index (χ1) is 85.2. The van der Waals surface area contributed by atoms with E-state index in [1.54, 1.807) is 12.1 Å². The molecule has 0 N–H and O–H groups in total. The van der Waals surface area contributed by atoms with Gasteiger partial charge in [-0.15, -0.1) is 0 Å². The zero-order valence-corrected chi connectivity index (χ0v) is 68.7. The predicted molar refractivity (Wildman–Crippen MR) is 567 cm³/mol. The fraction of sp³-hybridized carbons (Fsp3) is 0. The molecular formula is C130H78O3. The Labute approximate surface area is 829 Å². The van der Waals surface area contributed by atoms with Crippen LogP contribution < -0.4 is 0 Å². The quantitative estimate of drug-likeness (QED) is 0.149. The van der Waals surface area contributed by atoms with Gasteiger partial charge in [0, 0.05) is 54.6 Å². The van der Waals surface area contributed by atoms with Gasteiger partial charge in [-0.3, -0.25) is 0 Å². The van der Waals surface area contributed by atoms with E-state index >= 15 is 0 Å². The third-order valence-electron chi connectivity index (χ3n) is 24.7. The maximum atomic E-state index is 9.96. The van der Waals surface area contributed by atoms with E-state index in [0.717, 1.165) is 64.6 Å². The third kappa shape index (κ3) is 12.1. The van der Waals surface area contributed by atoms with Crippen LogP contribution in [0.5, 0.6) is 0 Å². The fourth-order valence-corrected chi connectivity index (χ4v) is 19.1. The third-order valence-corrected chi connectivity index (χ3v) is 24.7. The Kier molecular flexibility index (Phi) is 9.91. The van der Waals surface area contributed by atoms with Gasteiger partial charge in [0.2, 0.25) is 0 Å². The molecule has 0 spiro atoms. The molecule has 3 nitrogen and oxygen atoms in total. The minimum absolute atomic E-state index is 0.157. The molecule has 0 atom stereocenters. The first kappa shape index (κ1) is 43.1. The van der Waals surface area contributed by atoms with E-state index in [9.17, 15) is 27.4 Å². The van der Waals surface area contributed by atoms with Crippen LogP contribution in [0, 0.1) is 0 Å². The second kappa shape index (κ2) is 30.6. The number of para-hydroxylation sites is 2. The van der Waals surface area contributed by atoms with E-state index in [-0.39, 0.29) is 103 Å². The van der Waals surface area contributed by atoms with Crippen molar-refractivity contribution in [2.75, 3.05) is 0 Å². The van der Waals surface area contributed by atoms with Gasteiger partial charge in [0.05, 0.1) is 63.1 Å². The molecule has 3 heterocycles. The van der Waals surface area contributed by atoms with E-state index in [4.69, 9.17) is 48.9 Å². The van der Waals surface area contributed by atoms with Crippen molar-refractivity contribution in [2.45, 2.75) is 0 Å². The van der Waals surface area contributed by atoms with E-state index in [0.29, 0.717) is 55.7 Å². The molecule has 0 saturated carbocycles.